The van der Waals surface area contributed by atoms with E-state index in [1.165, 1.54) is 23.5 Å². The Morgan fingerprint density at radius 3 is 2.47 bits per heavy atom. The van der Waals surface area contributed by atoms with Gasteiger partial charge in [0.2, 0.25) is 0 Å². The van der Waals surface area contributed by atoms with Gasteiger partial charge < -0.3 is 5.73 Å². The second-order valence-electron chi connectivity index (χ2n) is 3.30. The van der Waals surface area contributed by atoms with Crippen LogP contribution in [0.2, 0.25) is 0 Å². The van der Waals surface area contributed by atoms with E-state index in [2.05, 4.69) is 31.9 Å². The normalized spacial score (nSPS) is 10.5. The van der Waals surface area contributed by atoms with Crippen molar-refractivity contribution in [3.8, 4) is 0 Å². The number of hydrogen-bond donors (Lipinski definition) is 1. The largest absolute Gasteiger partial charge is 0.398 e. The van der Waals surface area contributed by atoms with E-state index in [0.717, 1.165) is 13.6 Å². The van der Waals surface area contributed by atoms with Gasteiger partial charge >= 0.3 is 0 Å². The molecule has 88 valence electrons. The van der Waals surface area contributed by atoms with Crippen LogP contribution in [0.25, 0.3) is 0 Å². The number of nitrogen functional groups attached to an aromatic ring is 1. The molecule has 1 heterocycles. The van der Waals surface area contributed by atoms with Gasteiger partial charge in [0.1, 0.15) is 5.82 Å². The molecule has 0 fully saturated rings. The predicted octanol–water partition coefficient (Wildman–Crippen LogP) is 4.23. The van der Waals surface area contributed by atoms with Crippen LogP contribution in [0, 0.1) is 5.82 Å². The minimum Gasteiger partial charge on any atom is -0.398 e. The van der Waals surface area contributed by atoms with Crippen LogP contribution in [-0.2, 0) is 0 Å². The van der Waals surface area contributed by atoms with Crippen molar-refractivity contribution in [1.82, 2.24) is 0 Å². The SMILES string of the molecule is Nc1cc(F)ccc1C(=O)c1cc(Br)sc1Br. The summed E-state index contributed by atoms with van der Waals surface area (Å²) < 4.78 is 14.5. The molecule has 0 aliphatic carbocycles. The zero-order valence-electron chi connectivity index (χ0n) is 8.34. The first-order chi connectivity index (χ1) is 7.99. The summed E-state index contributed by atoms with van der Waals surface area (Å²) in [4.78, 5) is 12.2. The van der Waals surface area contributed by atoms with Crippen molar-refractivity contribution >= 4 is 54.7 Å². The molecule has 17 heavy (non-hydrogen) atoms. The highest BCUT2D eigenvalue weighted by Crippen LogP contribution is 2.34. The van der Waals surface area contributed by atoms with Gasteiger partial charge in [-0.15, -0.1) is 11.3 Å². The summed E-state index contributed by atoms with van der Waals surface area (Å²) in [5.41, 5.74) is 6.59. The first-order valence-electron chi connectivity index (χ1n) is 4.53. The molecule has 1 aromatic heterocycles. The van der Waals surface area contributed by atoms with Gasteiger partial charge in [0.15, 0.2) is 5.78 Å². The number of ketones is 1. The maximum atomic E-state index is 12.9. The van der Waals surface area contributed by atoms with Gasteiger partial charge in [0.25, 0.3) is 0 Å². The van der Waals surface area contributed by atoms with E-state index in [4.69, 9.17) is 5.73 Å². The molecule has 1 aromatic carbocycles. The van der Waals surface area contributed by atoms with E-state index in [0.29, 0.717) is 11.1 Å². The number of halogens is 3. The van der Waals surface area contributed by atoms with Gasteiger partial charge in [-0.1, -0.05) is 0 Å². The molecule has 2 nitrogen and oxygen atoms in total. The van der Waals surface area contributed by atoms with Gasteiger partial charge in [-0.3, -0.25) is 4.79 Å². The summed E-state index contributed by atoms with van der Waals surface area (Å²) in [6.45, 7) is 0. The molecule has 0 atom stereocenters. The van der Waals surface area contributed by atoms with Crippen molar-refractivity contribution in [2.75, 3.05) is 5.73 Å². The fourth-order valence-electron chi connectivity index (χ4n) is 1.38. The quantitative estimate of drug-likeness (QED) is 0.627. The molecule has 0 aliphatic heterocycles. The summed E-state index contributed by atoms with van der Waals surface area (Å²) >= 11 is 8.00. The van der Waals surface area contributed by atoms with Gasteiger partial charge in [0.05, 0.1) is 7.57 Å². The van der Waals surface area contributed by atoms with Gasteiger partial charge in [-0.05, 0) is 56.1 Å². The number of carbonyl (C=O) groups excluding carboxylic acids is 1. The molecule has 0 unspecified atom stereocenters. The minimum absolute atomic E-state index is 0.143. The third-order valence-corrected chi connectivity index (χ3v) is 4.50. The van der Waals surface area contributed by atoms with E-state index >= 15 is 0 Å². The average Bonchev–Trinajstić information content (AvgIpc) is 2.57. The Morgan fingerprint density at radius 2 is 1.94 bits per heavy atom. The number of rotatable bonds is 2. The van der Waals surface area contributed by atoms with Crippen LogP contribution in [0.1, 0.15) is 15.9 Å². The standard InChI is InChI=1S/C11H6Br2FNOS/c12-9-4-7(11(13)17-9)10(16)6-2-1-5(14)3-8(6)15/h1-4H,15H2. The van der Waals surface area contributed by atoms with Crippen LogP contribution < -0.4 is 5.73 Å². The summed E-state index contributed by atoms with van der Waals surface area (Å²) in [5, 5.41) is 0. The Morgan fingerprint density at radius 1 is 1.24 bits per heavy atom. The molecule has 0 amide bonds. The molecule has 0 spiro atoms. The van der Waals surface area contributed by atoms with Crippen molar-refractivity contribution in [2.24, 2.45) is 0 Å². The molecular formula is C11H6Br2FNOS. The lowest BCUT2D eigenvalue weighted by Crippen LogP contribution is -2.05. The molecule has 6 heteroatoms. The van der Waals surface area contributed by atoms with Gasteiger partial charge in [-0.2, -0.15) is 0 Å². The predicted molar refractivity (Wildman–Crippen MR) is 74.0 cm³/mol. The Labute approximate surface area is 118 Å². The molecule has 2 rings (SSSR count). The fraction of sp³-hybridized carbons (Fsp3) is 0. The molecule has 0 saturated heterocycles. The van der Waals surface area contributed by atoms with Crippen LogP contribution in [-0.4, -0.2) is 5.78 Å². The molecule has 2 aromatic rings. The second kappa shape index (κ2) is 4.88. The van der Waals surface area contributed by atoms with E-state index in [9.17, 15) is 9.18 Å². The average molecular weight is 379 g/mol. The number of thiophene rings is 1. The molecule has 0 saturated carbocycles. The molecule has 0 aliphatic rings. The highest BCUT2D eigenvalue weighted by Gasteiger charge is 2.18. The van der Waals surface area contributed by atoms with Crippen LogP contribution in [0.4, 0.5) is 10.1 Å². The lowest BCUT2D eigenvalue weighted by Gasteiger charge is -2.03. The van der Waals surface area contributed by atoms with E-state index < -0.39 is 5.82 Å². The summed E-state index contributed by atoms with van der Waals surface area (Å²) in [5.74, 6) is -0.680. The lowest BCUT2D eigenvalue weighted by molar-refractivity contribution is 0.103. The van der Waals surface area contributed by atoms with E-state index in [1.807, 2.05) is 0 Å². The Kier molecular flexibility index (Phi) is 3.65. The third kappa shape index (κ3) is 2.59. The number of nitrogens with two attached hydrogens (primary N) is 1. The minimum atomic E-state index is -0.454. The smallest absolute Gasteiger partial charge is 0.197 e. The number of hydrogen-bond acceptors (Lipinski definition) is 3. The van der Waals surface area contributed by atoms with Crippen molar-refractivity contribution < 1.29 is 9.18 Å². The van der Waals surface area contributed by atoms with Crippen LogP contribution in [0.5, 0.6) is 0 Å². The zero-order chi connectivity index (χ0) is 12.6. The summed E-state index contributed by atoms with van der Waals surface area (Å²) in [7, 11) is 0. The highest BCUT2D eigenvalue weighted by molar-refractivity contribution is 9.12. The van der Waals surface area contributed by atoms with E-state index in [1.54, 1.807) is 6.07 Å². The Balaban J connectivity index is 2.47. The maximum Gasteiger partial charge on any atom is 0.197 e. The van der Waals surface area contributed by atoms with Gasteiger partial charge in [-0.25, -0.2) is 4.39 Å². The third-order valence-electron chi connectivity index (χ3n) is 2.16. The molecule has 0 radical (unpaired) electrons. The van der Waals surface area contributed by atoms with Crippen LogP contribution in [0.15, 0.2) is 31.8 Å². The number of benzene rings is 1. The first kappa shape index (κ1) is 12.7. The van der Waals surface area contributed by atoms with Crippen LogP contribution >= 0.6 is 43.2 Å². The maximum absolute atomic E-state index is 12.9. The highest BCUT2D eigenvalue weighted by atomic mass is 79.9. The van der Waals surface area contributed by atoms with Crippen molar-refractivity contribution in [3.05, 3.63) is 48.8 Å². The zero-order valence-corrected chi connectivity index (χ0v) is 12.3. The van der Waals surface area contributed by atoms with Crippen molar-refractivity contribution in [1.29, 1.82) is 0 Å². The van der Waals surface area contributed by atoms with Gasteiger partial charge in [0, 0.05) is 16.8 Å². The topological polar surface area (TPSA) is 43.1 Å². The van der Waals surface area contributed by atoms with Crippen LogP contribution in [0.3, 0.4) is 0 Å². The molecular weight excluding hydrogens is 373 g/mol. The molecule has 0 bridgehead atoms. The van der Waals surface area contributed by atoms with Crippen molar-refractivity contribution in [3.63, 3.8) is 0 Å². The monoisotopic (exact) mass is 377 g/mol. The lowest BCUT2D eigenvalue weighted by atomic mass is 10.0. The second-order valence-corrected chi connectivity index (χ2v) is 7.05. The summed E-state index contributed by atoms with van der Waals surface area (Å²) in [6, 6.07) is 5.46. The number of carbonyl (C=O) groups is 1. The summed E-state index contributed by atoms with van der Waals surface area (Å²) in [6.07, 6.45) is 0. The van der Waals surface area contributed by atoms with E-state index in [-0.39, 0.29) is 11.5 Å². The Hall–Kier alpha value is -0.720. The first-order valence-corrected chi connectivity index (χ1v) is 6.94. The number of anilines is 1. The van der Waals surface area contributed by atoms with Crippen molar-refractivity contribution in [2.45, 2.75) is 0 Å². The fourth-order valence-corrected chi connectivity index (χ4v) is 4.17. The Bertz CT molecular complexity index is 597. The molecule has 2 N–H and O–H groups in total.